The second-order valence-electron chi connectivity index (χ2n) is 6.08. The van der Waals surface area contributed by atoms with Gasteiger partial charge in [-0.05, 0) is 59.0 Å². The molecule has 0 spiro atoms. The molecule has 2 unspecified atom stereocenters. The van der Waals surface area contributed by atoms with E-state index in [0.29, 0.717) is 24.4 Å². The maximum atomic E-state index is 12.4. The molecule has 2 rings (SSSR count). The number of hydrogen-bond donors (Lipinski definition) is 0. The average molecular weight is 289 g/mol. The molecule has 19 heavy (non-hydrogen) atoms. The number of hydrogen-bond acceptors (Lipinski definition) is 2. The van der Waals surface area contributed by atoms with Crippen molar-refractivity contribution in [2.45, 2.75) is 70.9 Å². The molecule has 4 heteroatoms. The molecule has 1 amide bonds. The minimum absolute atomic E-state index is 0. The maximum absolute atomic E-state index is 12.4. The lowest BCUT2D eigenvalue weighted by Gasteiger charge is -2.39. The number of amides is 1. The van der Waals surface area contributed by atoms with Gasteiger partial charge in [-0.2, -0.15) is 0 Å². The highest BCUT2D eigenvalue weighted by Gasteiger charge is 2.28. The summed E-state index contributed by atoms with van der Waals surface area (Å²) >= 11 is 0. The van der Waals surface area contributed by atoms with Crippen LogP contribution in [0, 0.1) is 0 Å². The SMILES string of the molecule is CC1CCCC(C)N1C(=O)CCN1CCCCC1.Cl. The number of halogens is 1. The van der Waals surface area contributed by atoms with Gasteiger partial charge in [-0.15, -0.1) is 12.4 Å². The van der Waals surface area contributed by atoms with Gasteiger partial charge in [0.1, 0.15) is 0 Å². The van der Waals surface area contributed by atoms with Gasteiger partial charge in [0, 0.05) is 25.0 Å². The Hall–Kier alpha value is -0.280. The molecule has 2 atom stereocenters. The van der Waals surface area contributed by atoms with Crippen molar-refractivity contribution in [1.82, 2.24) is 9.80 Å². The summed E-state index contributed by atoms with van der Waals surface area (Å²) in [5.74, 6) is 0.375. The second-order valence-corrected chi connectivity index (χ2v) is 6.08. The average Bonchev–Trinajstić information content (AvgIpc) is 2.37. The molecule has 0 aromatic rings. The summed E-state index contributed by atoms with van der Waals surface area (Å²) in [5.41, 5.74) is 0. The number of carbonyl (C=O) groups excluding carboxylic acids is 1. The van der Waals surface area contributed by atoms with Crippen LogP contribution in [0.3, 0.4) is 0 Å². The lowest BCUT2D eigenvalue weighted by molar-refractivity contribution is -0.137. The summed E-state index contributed by atoms with van der Waals surface area (Å²) < 4.78 is 0. The Morgan fingerprint density at radius 1 is 1.00 bits per heavy atom. The van der Waals surface area contributed by atoms with Crippen LogP contribution in [0.25, 0.3) is 0 Å². The van der Waals surface area contributed by atoms with Crippen LogP contribution < -0.4 is 0 Å². The highest BCUT2D eigenvalue weighted by Crippen LogP contribution is 2.23. The van der Waals surface area contributed by atoms with E-state index in [1.54, 1.807) is 0 Å². The van der Waals surface area contributed by atoms with Crippen molar-refractivity contribution < 1.29 is 4.79 Å². The van der Waals surface area contributed by atoms with Crippen LogP contribution in [0.2, 0.25) is 0 Å². The topological polar surface area (TPSA) is 23.6 Å². The van der Waals surface area contributed by atoms with Gasteiger partial charge in [-0.1, -0.05) is 6.42 Å². The van der Waals surface area contributed by atoms with Crippen LogP contribution in [-0.4, -0.2) is 47.4 Å². The first-order chi connectivity index (χ1) is 8.68. The fourth-order valence-electron chi connectivity index (χ4n) is 3.48. The summed E-state index contributed by atoms with van der Waals surface area (Å²) in [6.45, 7) is 7.76. The van der Waals surface area contributed by atoms with Crippen molar-refractivity contribution in [3.05, 3.63) is 0 Å². The largest absolute Gasteiger partial charge is 0.337 e. The van der Waals surface area contributed by atoms with E-state index in [4.69, 9.17) is 0 Å². The van der Waals surface area contributed by atoms with Crippen molar-refractivity contribution in [3.8, 4) is 0 Å². The number of rotatable bonds is 3. The molecule has 0 radical (unpaired) electrons. The van der Waals surface area contributed by atoms with E-state index in [1.165, 1.54) is 51.6 Å². The Morgan fingerprint density at radius 3 is 2.16 bits per heavy atom. The molecule has 0 aromatic carbocycles. The summed E-state index contributed by atoms with van der Waals surface area (Å²) in [5, 5.41) is 0. The first-order valence-corrected chi connectivity index (χ1v) is 7.72. The lowest BCUT2D eigenvalue weighted by Crippen LogP contribution is -2.48. The molecule has 0 aliphatic carbocycles. The van der Waals surface area contributed by atoms with Crippen LogP contribution in [0.15, 0.2) is 0 Å². The molecule has 2 fully saturated rings. The monoisotopic (exact) mass is 288 g/mol. The molecule has 2 aliphatic rings. The number of likely N-dealkylation sites (tertiary alicyclic amines) is 2. The molecule has 0 aromatic heterocycles. The first-order valence-electron chi connectivity index (χ1n) is 7.72. The summed E-state index contributed by atoms with van der Waals surface area (Å²) in [6.07, 6.45) is 8.34. The van der Waals surface area contributed by atoms with Gasteiger partial charge in [0.05, 0.1) is 0 Å². The van der Waals surface area contributed by atoms with E-state index in [2.05, 4.69) is 23.6 Å². The number of piperidine rings is 2. The van der Waals surface area contributed by atoms with E-state index in [0.717, 1.165) is 6.54 Å². The van der Waals surface area contributed by atoms with Crippen LogP contribution in [0.4, 0.5) is 0 Å². The second kappa shape index (κ2) is 8.11. The molecular formula is C15H29ClN2O. The zero-order valence-corrected chi connectivity index (χ0v) is 13.3. The fraction of sp³-hybridized carbons (Fsp3) is 0.933. The predicted octanol–water partition coefficient (Wildman–Crippen LogP) is 3.07. The van der Waals surface area contributed by atoms with Gasteiger partial charge in [0.15, 0.2) is 0 Å². The molecular weight excluding hydrogens is 260 g/mol. The minimum Gasteiger partial charge on any atom is -0.337 e. The van der Waals surface area contributed by atoms with E-state index in [9.17, 15) is 4.79 Å². The Balaban J connectivity index is 0.00000180. The van der Waals surface area contributed by atoms with Crippen molar-refractivity contribution in [1.29, 1.82) is 0 Å². The molecule has 112 valence electrons. The zero-order valence-electron chi connectivity index (χ0n) is 12.4. The molecule has 2 saturated heterocycles. The Kier molecular flexibility index (Phi) is 7.16. The van der Waals surface area contributed by atoms with Gasteiger partial charge in [0.25, 0.3) is 0 Å². The maximum Gasteiger partial charge on any atom is 0.224 e. The Labute approximate surface area is 124 Å². The number of carbonyl (C=O) groups is 1. The number of nitrogens with zero attached hydrogens (tertiary/aromatic N) is 2. The standard InChI is InChI=1S/C15H28N2O.ClH/c1-13-7-6-8-14(2)17(13)15(18)9-12-16-10-4-3-5-11-16;/h13-14H,3-12H2,1-2H3;1H. The summed E-state index contributed by atoms with van der Waals surface area (Å²) in [7, 11) is 0. The Morgan fingerprint density at radius 2 is 1.58 bits per heavy atom. The van der Waals surface area contributed by atoms with Crippen molar-refractivity contribution in [2.75, 3.05) is 19.6 Å². The minimum atomic E-state index is 0. The fourth-order valence-corrected chi connectivity index (χ4v) is 3.48. The van der Waals surface area contributed by atoms with Crippen molar-refractivity contribution >= 4 is 18.3 Å². The van der Waals surface area contributed by atoms with Crippen LogP contribution in [-0.2, 0) is 4.79 Å². The third-order valence-electron chi connectivity index (χ3n) is 4.57. The van der Waals surface area contributed by atoms with E-state index >= 15 is 0 Å². The van der Waals surface area contributed by atoms with Crippen LogP contribution in [0.5, 0.6) is 0 Å². The summed E-state index contributed by atoms with van der Waals surface area (Å²) in [4.78, 5) is 17.0. The van der Waals surface area contributed by atoms with Gasteiger partial charge >= 0.3 is 0 Å². The first kappa shape index (κ1) is 16.8. The van der Waals surface area contributed by atoms with Gasteiger partial charge < -0.3 is 9.80 Å². The quantitative estimate of drug-likeness (QED) is 0.797. The third kappa shape index (κ3) is 4.64. The summed E-state index contributed by atoms with van der Waals surface area (Å²) in [6, 6.07) is 0.894. The highest BCUT2D eigenvalue weighted by atomic mass is 35.5. The highest BCUT2D eigenvalue weighted by molar-refractivity contribution is 5.85. The van der Waals surface area contributed by atoms with Crippen LogP contribution in [0.1, 0.15) is 58.8 Å². The predicted molar refractivity (Wildman–Crippen MR) is 81.8 cm³/mol. The molecule has 3 nitrogen and oxygen atoms in total. The smallest absolute Gasteiger partial charge is 0.224 e. The van der Waals surface area contributed by atoms with E-state index in [1.807, 2.05) is 0 Å². The molecule has 0 saturated carbocycles. The molecule has 2 aliphatic heterocycles. The molecule has 0 N–H and O–H groups in total. The van der Waals surface area contributed by atoms with Gasteiger partial charge in [-0.25, -0.2) is 0 Å². The van der Waals surface area contributed by atoms with Crippen molar-refractivity contribution in [3.63, 3.8) is 0 Å². The van der Waals surface area contributed by atoms with E-state index < -0.39 is 0 Å². The van der Waals surface area contributed by atoms with Crippen molar-refractivity contribution in [2.24, 2.45) is 0 Å². The van der Waals surface area contributed by atoms with Crippen LogP contribution >= 0.6 is 12.4 Å². The third-order valence-corrected chi connectivity index (χ3v) is 4.57. The normalized spacial score (nSPS) is 28.8. The molecule has 0 bridgehead atoms. The van der Waals surface area contributed by atoms with E-state index in [-0.39, 0.29) is 12.4 Å². The van der Waals surface area contributed by atoms with Gasteiger partial charge in [-0.3, -0.25) is 4.79 Å². The van der Waals surface area contributed by atoms with Gasteiger partial charge in [0.2, 0.25) is 5.91 Å². The molecule has 2 heterocycles. The Bertz CT molecular complexity index is 269. The lowest BCUT2D eigenvalue weighted by atomic mass is 9.97. The zero-order chi connectivity index (χ0) is 13.0.